The maximum Gasteiger partial charge on any atom is 0.161 e. The Labute approximate surface area is 183 Å². The van der Waals surface area contributed by atoms with Crippen LogP contribution in [0.25, 0.3) is 5.57 Å². The van der Waals surface area contributed by atoms with Crippen LogP contribution < -0.4 is 18.9 Å². The normalized spacial score (nSPS) is 20.2. The van der Waals surface area contributed by atoms with Gasteiger partial charge in [-0.1, -0.05) is 12.1 Å². The first kappa shape index (κ1) is 20.9. The zero-order valence-electron chi connectivity index (χ0n) is 18.5. The van der Waals surface area contributed by atoms with Crippen LogP contribution in [0.5, 0.6) is 23.0 Å². The minimum atomic E-state index is 0.0620. The fourth-order valence-electron chi connectivity index (χ4n) is 4.92. The number of fused-ring (bicyclic) bond motifs is 1. The smallest absolute Gasteiger partial charge is 0.161 e. The first-order valence-corrected chi connectivity index (χ1v) is 10.5. The molecule has 1 saturated heterocycles. The van der Waals surface area contributed by atoms with Crippen LogP contribution in [0.1, 0.15) is 36.3 Å². The molecule has 0 bridgehead atoms. The molecule has 0 aliphatic carbocycles. The Bertz CT molecular complexity index is 1040. The number of rotatable bonds is 6. The molecule has 6 nitrogen and oxygen atoms in total. The van der Waals surface area contributed by atoms with Crippen LogP contribution in [-0.2, 0) is 0 Å². The second-order valence-electron chi connectivity index (χ2n) is 7.84. The van der Waals surface area contributed by atoms with E-state index in [-0.39, 0.29) is 5.92 Å². The number of benzene rings is 2. The number of nitriles is 1. The molecule has 2 aromatic rings. The number of nitrogens with zero attached hydrogens (tertiary/aromatic N) is 2. The van der Waals surface area contributed by atoms with Gasteiger partial charge in [0.2, 0.25) is 0 Å². The first-order chi connectivity index (χ1) is 15.1. The molecule has 2 heterocycles. The molecule has 2 aromatic carbocycles. The summed E-state index contributed by atoms with van der Waals surface area (Å²) in [5.41, 5.74) is 3.86. The first-order valence-electron chi connectivity index (χ1n) is 10.5. The van der Waals surface area contributed by atoms with Gasteiger partial charge in [-0.05, 0) is 54.7 Å². The van der Waals surface area contributed by atoms with Gasteiger partial charge in [-0.15, -0.1) is 0 Å². The molecular formula is C25H28N2O4. The molecule has 0 amide bonds. The maximum atomic E-state index is 10.2. The van der Waals surface area contributed by atoms with Gasteiger partial charge in [0.25, 0.3) is 0 Å². The van der Waals surface area contributed by atoms with Crippen molar-refractivity contribution in [2.24, 2.45) is 0 Å². The van der Waals surface area contributed by atoms with Crippen molar-refractivity contribution in [2.45, 2.75) is 31.2 Å². The summed E-state index contributed by atoms with van der Waals surface area (Å²) >= 11 is 0. The molecule has 6 heteroatoms. The fourth-order valence-corrected chi connectivity index (χ4v) is 4.92. The lowest BCUT2D eigenvalue weighted by Crippen LogP contribution is -2.35. The van der Waals surface area contributed by atoms with E-state index in [1.165, 1.54) is 0 Å². The summed E-state index contributed by atoms with van der Waals surface area (Å²) in [6.07, 6.45) is 3.16. The Hall–Kier alpha value is -3.33. The van der Waals surface area contributed by atoms with Gasteiger partial charge in [0.1, 0.15) is 11.8 Å². The van der Waals surface area contributed by atoms with Gasteiger partial charge in [0.15, 0.2) is 23.0 Å². The molecule has 0 radical (unpaired) electrons. The van der Waals surface area contributed by atoms with Gasteiger partial charge < -0.3 is 23.8 Å². The van der Waals surface area contributed by atoms with Crippen LogP contribution in [0.2, 0.25) is 0 Å². The Morgan fingerprint density at radius 3 is 2.16 bits per heavy atom. The highest BCUT2D eigenvalue weighted by Gasteiger charge is 2.39. The van der Waals surface area contributed by atoms with Crippen LogP contribution in [0.4, 0.5) is 0 Å². The van der Waals surface area contributed by atoms with Crippen LogP contribution in [0.3, 0.4) is 0 Å². The highest BCUT2D eigenvalue weighted by molar-refractivity contribution is 5.79. The van der Waals surface area contributed by atoms with Crippen molar-refractivity contribution in [1.82, 2.24) is 4.90 Å². The van der Waals surface area contributed by atoms with Crippen LogP contribution in [0.15, 0.2) is 42.1 Å². The average Bonchev–Trinajstić information content (AvgIpc) is 3.30. The Kier molecular flexibility index (Phi) is 5.94. The van der Waals surface area contributed by atoms with E-state index >= 15 is 0 Å². The number of allylic oxidation sites excluding steroid dienone is 2. The Balaban J connectivity index is 1.90. The van der Waals surface area contributed by atoms with Gasteiger partial charge in [0.05, 0.1) is 28.4 Å². The quantitative estimate of drug-likeness (QED) is 0.680. The molecule has 162 valence electrons. The third-order valence-electron chi connectivity index (χ3n) is 6.39. The predicted octanol–water partition coefficient (Wildman–Crippen LogP) is 4.61. The summed E-state index contributed by atoms with van der Waals surface area (Å²) in [7, 11) is 6.54. The zero-order chi connectivity index (χ0) is 22.0. The third kappa shape index (κ3) is 3.65. The summed E-state index contributed by atoms with van der Waals surface area (Å²) in [6.45, 7) is 0.920. The van der Waals surface area contributed by atoms with Gasteiger partial charge in [-0.2, -0.15) is 5.26 Å². The highest BCUT2D eigenvalue weighted by Crippen LogP contribution is 2.48. The molecule has 0 saturated carbocycles. The standard InChI is InChI=1S/C25H28N2O4/c1-28-21-9-7-16(12-23(21)30-3)19-14-18-6-5-11-27(18)20(15-26)25(19)17-8-10-22(29-2)24(13-17)31-4/h7-10,12-13,18-19H,5-6,11,14H2,1-4H3. The lowest BCUT2D eigenvalue weighted by Gasteiger charge is -2.38. The molecule has 4 rings (SSSR count). The second kappa shape index (κ2) is 8.81. The van der Waals surface area contributed by atoms with Crippen molar-refractivity contribution >= 4 is 5.57 Å². The number of hydrogen-bond acceptors (Lipinski definition) is 6. The second-order valence-corrected chi connectivity index (χ2v) is 7.84. The molecular weight excluding hydrogens is 392 g/mol. The molecule has 1 fully saturated rings. The largest absolute Gasteiger partial charge is 0.493 e. The van der Waals surface area contributed by atoms with Crippen molar-refractivity contribution in [3.63, 3.8) is 0 Å². The number of ether oxygens (including phenoxy) is 4. The molecule has 2 aliphatic rings. The average molecular weight is 421 g/mol. The van der Waals surface area contributed by atoms with Gasteiger partial charge in [0, 0.05) is 24.1 Å². The lowest BCUT2D eigenvalue weighted by atomic mass is 9.78. The van der Waals surface area contributed by atoms with Gasteiger partial charge in [-0.25, -0.2) is 0 Å². The van der Waals surface area contributed by atoms with Crippen LogP contribution in [-0.4, -0.2) is 45.9 Å². The van der Waals surface area contributed by atoms with Gasteiger partial charge in [-0.3, -0.25) is 0 Å². The van der Waals surface area contributed by atoms with Crippen molar-refractivity contribution in [1.29, 1.82) is 5.26 Å². The molecule has 31 heavy (non-hydrogen) atoms. The Morgan fingerprint density at radius 2 is 1.52 bits per heavy atom. The molecule has 2 unspecified atom stereocenters. The summed E-state index contributed by atoms with van der Waals surface area (Å²) in [5.74, 6) is 2.77. The minimum Gasteiger partial charge on any atom is -0.493 e. The maximum absolute atomic E-state index is 10.2. The topological polar surface area (TPSA) is 64.0 Å². The van der Waals surface area contributed by atoms with E-state index in [0.717, 1.165) is 48.2 Å². The van der Waals surface area contributed by atoms with Crippen molar-refractivity contribution in [3.05, 3.63) is 53.2 Å². The minimum absolute atomic E-state index is 0.0620. The highest BCUT2D eigenvalue weighted by atomic mass is 16.5. The zero-order valence-corrected chi connectivity index (χ0v) is 18.5. The molecule has 2 aliphatic heterocycles. The van der Waals surface area contributed by atoms with Crippen molar-refractivity contribution in [3.8, 4) is 29.1 Å². The molecule has 0 N–H and O–H groups in total. The molecule has 2 atom stereocenters. The van der Waals surface area contributed by atoms with E-state index in [1.54, 1.807) is 28.4 Å². The van der Waals surface area contributed by atoms with Gasteiger partial charge >= 0.3 is 0 Å². The SMILES string of the molecule is COc1ccc(C2=C(C#N)N3CCCC3CC2c2ccc(OC)c(OC)c2)cc1OC. The summed E-state index contributed by atoms with van der Waals surface area (Å²) in [6, 6.07) is 14.8. The fraction of sp³-hybridized carbons (Fsp3) is 0.400. The molecule has 0 aromatic heterocycles. The predicted molar refractivity (Wildman–Crippen MR) is 119 cm³/mol. The van der Waals surface area contributed by atoms with E-state index in [4.69, 9.17) is 18.9 Å². The van der Waals surface area contributed by atoms with E-state index < -0.39 is 0 Å². The Morgan fingerprint density at radius 1 is 0.871 bits per heavy atom. The van der Waals surface area contributed by atoms with Crippen LogP contribution >= 0.6 is 0 Å². The number of methoxy groups -OCH3 is 4. The van der Waals surface area contributed by atoms with Crippen molar-refractivity contribution in [2.75, 3.05) is 35.0 Å². The van der Waals surface area contributed by atoms with Crippen LogP contribution in [0, 0.1) is 11.3 Å². The van der Waals surface area contributed by atoms with E-state index in [1.807, 2.05) is 30.3 Å². The summed E-state index contributed by atoms with van der Waals surface area (Å²) in [4.78, 5) is 2.28. The monoisotopic (exact) mass is 420 g/mol. The van der Waals surface area contributed by atoms with Crippen molar-refractivity contribution < 1.29 is 18.9 Å². The van der Waals surface area contributed by atoms with E-state index in [9.17, 15) is 5.26 Å². The summed E-state index contributed by atoms with van der Waals surface area (Å²) in [5, 5.41) is 10.2. The van der Waals surface area contributed by atoms with E-state index in [0.29, 0.717) is 29.0 Å². The summed E-state index contributed by atoms with van der Waals surface area (Å²) < 4.78 is 22.0. The third-order valence-corrected chi connectivity index (χ3v) is 6.39. The number of hydrogen-bond donors (Lipinski definition) is 0. The van der Waals surface area contributed by atoms with E-state index in [2.05, 4.69) is 17.0 Å². The lowest BCUT2D eigenvalue weighted by molar-refractivity contribution is 0.293. The molecule has 0 spiro atoms.